The molecule has 0 saturated heterocycles. The number of rotatable bonds is 4. The molecule has 0 heterocycles. The summed E-state index contributed by atoms with van der Waals surface area (Å²) in [5.74, 6) is 0. The summed E-state index contributed by atoms with van der Waals surface area (Å²) in [5, 5.41) is 0. The second-order valence-electron chi connectivity index (χ2n) is 3.56. The van der Waals surface area contributed by atoms with Crippen molar-refractivity contribution in [1.29, 1.82) is 0 Å². The van der Waals surface area contributed by atoms with Crippen LogP contribution in [0.2, 0.25) is 0 Å². The number of hydrogen-bond acceptors (Lipinski definition) is 1. The Kier molecular flexibility index (Phi) is 4.18. The van der Waals surface area contributed by atoms with Gasteiger partial charge in [-0.3, -0.25) is 0 Å². The Morgan fingerprint density at radius 3 is 1.41 bits per heavy atom. The van der Waals surface area contributed by atoms with E-state index in [-0.39, 0.29) is 0 Å². The van der Waals surface area contributed by atoms with E-state index in [4.69, 9.17) is 4.74 Å². The molecule has 84 valence electrons. The first-order chi connectivity index (χ1) is 8.45. The van der Waals surface area contributed by atoms with Crippen molar-refractivity contribution in [3.8, 4) is 0 Å². The van der Waals surface area contributed by atoms with Crippen LogP contribution in [0.3, 0.4) is 0 Å². The van der Waals surface area contributed by atoms with E-state index in [2.05, 4.69) is 0 Å². The smallest absolute Gasteiger partial charge is 0.0907 e. The minimum absolute atomic E-state index is 1.13. The highest BCUT2D eigenvalue weighted by atomic mass is 16.5. The van der Waals surface area contributed by atoms with Crippen LogP contribution in [0.5, 0.6) is 0 Å². The van der Waals surface area contributed by atoms with Gasteiger partial charge in [0.25, 0.3) is 0 Å². The van der Waals surface area contributed by atoms with Crippen molar-refractivity contribution in [2.45, 2.75) is 0 Å². The fourth-order valence-electron chi connectivity index (χ4n) is 1.41. The summed E-state index contributed by atoms with van der Waals surface area (Å²) in [6.07, 6.45) is 7.20. The molecule has 1 heteroatoms. The van der Waals surface area contributed by atoms with Gasteiger partial charge in [0.2, 0.25) is 0 Å². The van der Waals surface area contributed by atoms with E-state index < -0.39 is 0 Å². The van der Waals surface area contributed by atoms with Crippen LogP contribution in [0.1, 0.15) is 11.1 Å². The monoisotopic (exact) mass is 222 g/mol. The van der Waals surface area contributed by atoms with Gasteiger partial charge in [-0.15, -0.1) is 0 Å². The van der Waals surface area contributed by atoms with E-state index in [0.717, 1.165) is 11.1 Å². The highest BCUT2D eigenvalue weighted by Gasteiger charge is 1.83. The van der Waals surface area contributed by atoms with Crippen LogP contribution in [-0.2, 0) is 4.74 Å². The lowest BCUT2D eigenvalue weighted by Gasteiger charge is -1.93. The molecule has 0 N–H and O–H groups in total. The van der Waals surface area contributed by atoms with Crippen LogP contribution in [0.15, 0.2) is 73.2 Å². The molecule has 1 nitrogen and oxygen atoms in total. The molecule has 0 aliphatic rings. The lowest BCUT2D eigenvalue weighted by molar-refractivity contribution is 0.410. The standard InChI is InChI=1S/C16H14O/c1-3-7-15(8-4-1)11-13-17-14-12-16-9-5-2-6-10-16/h1-14H/b13-11-,14-12+. The molecule has 0 saturated carbocycles. The summed E-state index contributed by atoms with van der Waals surface area (Å²) in [7, 11) is 0. The van der Waals surface area contributed by atoms with Gasteiger partial charge in [0.15, 0.2) is 0 Å². The molecule has 17 heavy (non-hydrogen) atoms. The van der Waals surface area contributed by atoms with Gasteiger partial charge in [-0.05, 0) is 23.3 Å². The molecule has 0 atom stereocenters. The van der Waals surface area contributed by atoms with Crippen molar-refractivity contribution >= 4 is 12.2 Å². The van der Waals surface area contributed by atoms with Crippen LogP contribution in [0.25, 0.3) is 12.2 Å². The number of hydrogen-bond donors (Lipinski definition) is 0. The first-order valence-corrected chi connectivity index (χ1v) is 5.54. The fourth-order valence-corrected chi connectivity index (χ4v) is 1.41. The van der Waals surface area contributed by atoms with Crippen molar-refractivity contribution in [2.75, 3.05) is 0 Å². The zero-order chi connectivity index (χ0) is 11.8. The van der Waals surface area contributed by atoms with Crippen molar-refractivity contribution < 1.29 is 4.74 Å². The van der Waals surface area contributed by atoms with Crippen molar-refractivity contribution in [3.63, 3.8) is 0 Å². The van der Waals surface area contributed by atoms with Crippen molar-refractivity contribution in [1.82, 2.24) is 0 Å². The molecule has 0 amide bonds. The molecular formula is C16H14O. The van der Waals surface area contributed by atoms with E-state index in [1.54, 1.807) is 12.5 Å². The third kappa shape index (κ3) is 3.99. The quantitative estimate of drug-likeness (QED) is 0.699. The van der Waals surface area contributed by atoms with Gasteiger partial charge >= 0.3 is 0 Å². The lowest BCUT2D eigenvalue weighted by Crippen LogP contribution is -1.71. The topological polar surface area (TPSA) is 9.23 Å². The van der Waals surface area contributed by atoms with Gasteiger partial charge in [-0.2, -0.15) is 0 Å². The summed E-state index contributed by atoms with van der Waals surface area (Å²) in [5.41, 5.74) is 2.25. The summed E-state index contributed by atoms with van der Waals surface area (Å²) in [4.78, 5) is 0. The van der Waals surface area contributed by atoms with E-state index in [9.17, 15) is 0 Å². The first kappa shape index (κ1) is 11.2. The molecule has 0 aromatic heterocycles. The largest absolute Gasteiger partial charge is 0.473 e. The van der Waals surface area contributed by atoms with Crippen molar-refractivity contribution in [2.24, 2.45) is 0 Å². The summed E-state index contributed by atoms with van der Waals surface area (Å²) in [6.45, 7) is 0. The predicted molar refractivity (Wildman–Crippen MR) is 72.0 cm³/mol. The molecule has 0 aliphatic heterocycles. The first-order valence-electron chi connectivity index (χ1n) is 5.54. The average molecular weight is 222 g/mol. The Bertz CT molecular complexity index is 436. The molecule has 0 unspecified atom stereocenters. The SMILES string of the molecule is C(=C/c1ccccc1)/O/C=C/c1ccccc1. The molecule has 0 radical (unpaired) electrons. The maximum absolute atomic E-state index is 5.28. The molecule has 0 aliphatic carbocycles. The Morgan fingerprint density at radius 2 is 1.00 bits per heavy atom. The van der Waals surface area contributed by atoms with Gasteiger partial charge < -0.3 is 4.74 Å². The van der Waals surface area contributed by atoms with E-state index in [1.165, 1.54) is 0 Å². The van der Waals surface area contributed by atoms with Crippen LogP contribution in [0, 0.1) is 0 Å². The average Bonchev–Trinajstić information content (AvgIpc) is 2.41. The van der Waals surface area contributed by atoms with Gasteiger partial charge in [0.05, 0.1) is 12.5 Å². The van der Waals surface area contributed by atoms with E-state index >= 15 is 0 Å². The molecule has 2 aromatic rings. The Hall–Kier alpha value is -2.28. The van der Waals surface area contributed by atoms with Gasteiger partial charge in [0, 0.05) is 0 Å². The van der Waals surface area contributed by atoms with Gasteiger partial charge in [-0.25, -0.2) is 0 Å². The van der Waals surface area contributed by atoms with E-state index in [0.29, 0.717) is 0 Å². The van der Waals surface area contributed by atoms with Crippen LogP contribution in [0.4, 0.5) is 0 Å². The maximum Gasteiger partial charge on any atom is 0.0907 e. The maximum atomic E-state index is 5.28. The van der Waals surface area contributed by atoms with Gasteiger partial charge in [0.1, 0.15) is 0 Å². The Morgan fingerprint density at radius 1 is 0.588 bits per heavy atom. The van der Waals surface area contributed by atoms with Crippen LogP contribution < -0.4 is 0 Å². The summed E-state index contributed by atoms with van der Waals surface area (Å²) in [6, 6.07) is 20.1. The van der Waals surface area contributed by atoms with Gasteiger partial charge in [-0.1, -0.05) is 60.7 Å². The predicted octanol–water partition coefficient (Wildman–Crippen LogP) is 4.34. The number of ether oxygens (including phenoxy) is 1. The second kappa shape index (κ2) is 6.33. The molecule has 2 aromatic carbocycles. The molecule has 2 rings (SSSR count). The molecule has 0 bridgehead atoms. The van der Waals surface area contributed by atoms with E-state index in [1.807, 2.05) is 72.8 Å². The minimum atomic E-state index is 1.13. The van der Waals surface area contributed by atoms with Crippen LogP contribution in [-0.4, -0.2) is 0 Å². The van der Waals surface area contributed by atoms with Crippen molar-refractivity contribution in [3.05, 3.63) is 84.3 Å². The summed E-state index contributed by atoms with van der Waals surface area (Å²) >= 11 is 0. The lowest BCUT2D eigenvalue weighted by atomic mass is 10.2. The number of benzene rings is 2. The highest BCUT2D eigenvalue weighted by Crippen LogP contribution is 2.03. The summed E-state index contributed by atoms with van der Waals surface area (Å²) < 4.78 is 5.28. The third-order valence-electron chi connectivity index (χ3n) is 2.28. The fraction of sp³-hybridized carbons (Fsp3) is 0. The normalized spacial score (nSPS) is 11.1. The Labute approximate surface area is 102 Å². The van der Waals surface area contributed by atoms with Crippen LogP contribution >= 0.6 is 0 Å². The zero-order valence-corrected chi connectivity index (χ0v) is 9.49. The second-order valence-corrected chi connectivity index (χ2v) is 3.56. The zero-order valence-electron chi connectivity index (χ0n) is 9.49. The Balaban J connectivity index is 1.84. The molecule has 0 fully saturated rings. The molecule has 0 spiro atoms. The highest BCUT2D eigenvalue weighted by molar-refractivity contribution is 5.49. The minimum Gasteiger partial charge on any atom is -0.473 e. The molecular weight excluding hydrogens is 208 g/mol. The third-order valence-corrected chi connectivity index (χ3v) is 2.28.